The summed E-state index contributed by atoms with van der Waals surface area (Å²) >= 11 is 1.43. The van der Waals surface area contributed by atoms with Crippen molar-refractivity contribution in [2.75, 3.05) is 6.54 Å². The van der Waals surface area contributed by atoms with E-state index in [4.69, 9.17) is 4.74 Å². The Balaban J connectivity index is 1.44. The summed E-state index contributed by atoms with van der Waals surface area (Å²) in [5.41, 5.74) is 2.54. The third-order valence-corrected chi connectivity index (χ3v) is 7.36. The maximum atomic E-state index is 14.0. The quantitative estimate of drug-likeness (QED) is 0.254. The Bertz CT molecular complexity index is 1140. The number of ether oxygens (including phenoxy) is 1. The third-order valence-electron chi connectivity index (χ3n) is 6.29. The van der Waals surface area contributed by atoms with Gasteiger partial charge in [0.2, 0.25) is 5.91 Å². The summed E-state index contributed by atoms with van der Waals surface area (Å²) in [5, 5.41) is 9.13. The molecule has 0 radical (unpaired) electrons. The van der Waals surface area contributed by atoms with Crippen LogP contribution in [0.5, 0.6) is 5.75 Å². The van der Waals surface area contributed by atoms with Gasteiger partial charge in [-0.2, -0.15) is 0 Å². The number of amides is 1. The van der Waals surface area contributed by atoms with Gasteiger partial charge >= 0.3 is 0 Å². The van der Waals surface area contributed by atoms with Gasteiger partial charge in [0.25, 0.3) is 0 Å². The van der Waals surface area contributed by atoms with E-state index < -0.39 is 5.82 Å². The number of benzene rings is 2. The van der Waals surface area contributed by atoms with Crippen molar-refractivity contribution >= 4 is 17.7 Å². The molecule has 1 aliphatic heterocycles. The van der Waals surface area contributed by atoms with Crippen LogP contribution in [0.3, 0.4) is 0 Å². The van der Waals surface area contributed by atoms with Crippen LogP contribution in [0, 0.1) is 5.82 Å². The van der Waals surface area contributed by atoms with E-state index in [1.807, 2.05) is 22.5 Å². The number of fused-ring (bicyclic) bond motifs is 1. The zero-order chi connectivity index (χ0) is 24.6. The van der Waals surface area contributed by atoms with E-state index in [-0.39, 0.29) is 23.5 Å². The Labute approximate surface area is 210 Å². The molecule has 1 atom stereocenters. The Morgan fingerprint density at radius 1 is 1.09 bits per heavy atom. The molecule has 0 aliphatic carbocycles. The summed E-state index contributed by atoms with van der Waals surface area (Å²) in [6, 6.07) is 14.7. The molecule has 35 heavy (non-hydrogen) atoms. The summed E-state index contributed by atoms with van der Waals surface area (Å²) in [6.45, 7) is 6.34. The van der Waals surface area contributed by atoms with Crippen molar-refractivity contribution in [3.05, 3.63) is 71.3 Å². The smallest absolute Gasteiger partial charge is 0.236 e. The minimum absolute atomic E-state index is 0.106. The second-order valence-electron chi connectivity index (χ2n) is 8.87. The number of aromatic nitrogens is 3. The normalized spacial score (nSPS) is 14.0. The number of unbranched alkanes of at least 4 members (excludes halogenated alkanes) is 3. The van der Waals surface area contributed by atoms with E-state index >= 15 is 0 Å². The summed E-state index contributed by atoms with van der Waals surface area (Å²) in [7, 11) is 0. The predicted octanol–water partition coefficient (Wildman–Crippen LogP) is 5.64. The molecule has 0 saturated carbocycles. The first kappa shape index (κ1) is 25.2. The minimum atomic E-state index is -0.404. The lowest BCUT2D eigenvalue weighted by molar-refractivity contribution is -0.131. The second-order valence-corrected chi connectivity index (χ2v) is 10.2. The van der Waals surface area contributed by atoms with E-state index in [0.717, 1.165) is 45.2 Å². The average Bonchev–Trinajstić information content (AvgIpc) is 3.26. The Kier molecular flexibility index (Phi) is 8.79. The standard InChI is InChI=1S/C27H33FN4O2S/c1-3-4-5-10-16-32-25(19-34-24-14-9-8-13-23(24)28)29-30-27(32)35-20(2)26(33)31-17-15-21-11-6-7-12-22(21)18-31/h6-9,11-14,20H,3-5,10,15-19H2,1-2H3. The van der Waals surface area contributed by atoms with Crippen molar-refractivity contribution in [2.24, 2.45) is 0 Å². The van der Waals surface area contributed by atoms with Gasteiger partial charge in [0, 0.05) is 19.6 Å². The highest BCUT2D eigenvalue weighted by atomic mass is 32.2. The molecule has 2 aromatic carbocycles. The van der Waals surface area contributed by atoms with Crippen LogP contribution < -0.4 is 4.74 Å². The monoisotopic (exact) mass is 496 g/mol. The fourth-order valence-corrected chi connectivity index (χ4v) is 5.27. The number of nitrogens with zero attached hydrogens (tertiary/aromatic N) is 4. The lowest BCUT2D eigenvalue weighted by atomic mass is 10.00. The molecule has 0 saturated heterocycles. The SMILES string of the molecule is CCCCCCn1c(COc2ccccc2F)nnc1SC(C)C(=O)N1CCc2ccccc2C1. The van der Waals surface area contributed by atoms with E-state index in [2.05, 4.69) is 35.3 Å². The fraction of sp³-hybridized carbons (Fsp3) is 0.444. The van der Waals surface area contributed by atoms with E-state index in [1.165, 1.54) is 29.0 Å². The number of hydrogen-bond acceptors (Lipinski definition) is 5. The molecule has 1 unspecified atom stereocenters. The molecule has 0 fully saturated rings. The van der Waals surface area contributed by atoms with Gasteiger partial charge in [-0.05, 0) is 43.0 Å². The van der Waals surface area contributed by atoms with Gasteiger partial charge in [-0.3, -0.25) is 4.79 Å². The fourth-order valence-electron chi connectivity index (χ4n) is 4.29. The first-order valence-electron chi connectivity index (χ1n) is 12.4. The highest BCUT2D eigenvalue weighted by molar-refractivity contribution is 8.00. The van der Waals surface area contributed by atoms with Crippen molar-refractivity contribution in [3.8, 4) is 5.75 Å². The van der Waals surface area contributed by atoms with E-state index in [0.29, 0.717) is 17.5 Å². The van der Waals surface area contributed by atoms with Gasteiger partial charge < -0.3 is 14.2 Å². The highest BCUT2D eigenvalue weighted by Crippen LogP contribution is 2.27. The highest BCUT2D eigenvalue weighted by Gasteiger charge is 2.27. The molecule has 1 aromatic heterocycles. The van der Waals surface area contributed by atoms with E-state index in [1.54, 1.807) is 18.2 Å². The van der Waals surface area contributed by atoms with E-state index in [9.17, 15) is 9.18 Å². The molecule has 0 N–H and O–H groups in total. The first-order valence-corrected chi connectivity index (χ1v) is 13.3. The van der Waals surface area contributed by atoms with Gasteiger partial charge in [0.15, 0.2) is 22.5 Å². The third kappa shape index (κ3) is 6.42. The lowest BCUT2D eigenvalue weighted by Crippen LogP contribution is -2.40. The Hall–Kier alpha value is -2.87. The van der Waals surface area contributed by atoms with Crippen LogP contribution in [0.25, 0.3) is 0 Å². The predicted molar refractivity (Wildman–Crippen MR) is 136 cm³/mol. The molecule has 1 aliphatic rings. The summed E-state index contributed by atoms with van der Waals surface area (Å²) < 4.78 is 21.7. The van der Waals surface area contributed by atoms with Gasteiger partial charge in [-0.15, -0.1) is 10.2 Å². The van der Waals surface area contributed by atoms with Crippen molar-refractivity contribution in [1.29, 1.82) is 0 Å². The van der Waals surface area contributed by atoms with Gasteiger partial charge in [-0.25, -0.2) is 4.39 Å². The van der Waals surface area contributed by atoms with Crippen molar-refractivity contribution in [2.45, 2.75) is 76.1 Å². The average molecular weight is 497 g/mol. The minimum Gasteiger partial charge on any atom is -0.483 e. The number of halogens is 1. The lowest BCUT2D eigenvalue weighted by Gasteiger charge is -2.30. The maximum Gasteiger partial charge on any atom is 0.236 e. The molecular weight excluding hydrogens is 463 g/mol. The largest absolute Gasteiger partial charge is 0.483 e. The number of carbonyl (C=O) groups is 1. The molecule has 1 amide bonds. The second kappa shape index (κ2) is 12.2. The van der Waals surface area contributed by atoms with Gasteiger partial charge in [0.05, 0.1) is 5.25 Å². The Morgan fingerprint density at radius 3 is 2.66 bits per heavy atom. The van der Waals surface area contributed by atoms with Crippen LogP contribution in [-0.4, -0.2) is 37.4 Å². The zero-order valence-corrected chi connectivity index (χ0v) is 21.3. The number of thioether (sulfide) groups is 1. The van der Waals surface area contributed by atoms with Gasteiger partial charge in [0.1, 0.15) is 6.61 Å². The van der Waals surface area contributed by atoms with Crippen molar-refractivity contribution in [3.63, 3.8) is 0 Å². The van der Waals surface area contributed by atoms with Crippen molar-refractivity contribution in [1.82, 2.24) is 19.7 Å². The molecule has 6 nitrogen and oxygen atoms in total. The molecule has 8 heteroatoms. The zero-order valence-electron chi connectivity index (χ0n) is 20.5. The van der Waals surface area contributed by atoms with Crippen LogP contribution in [0.2, 0.25) is 0 Å². The summed E-state index contributed by atoms with van der Waals surface area (Å²) in [4.78, 5) is 15.2. The molecule has 0 bridgehead atoms. The van der Waals surface area contributed by atoms with Crippen molar-refractivity contribution < 1.29 is 13.9 Å². The van der Waals surface area contributed by atoms with Crippen LogP contribution in [-0.2, 0) is 30.9 Å². The number of para-hydroxylation sites is 1. The molecule has 4 rings (SSSR count). The summed E-state index contributed by atoms with van der Waals surface area (Å²) in [6.07, 6.45) is 5.28. The Morgan fingerprint density at radius 2 is 1.86 bits per heavy atom. The number of rotatable bonds is 11. The topological polar surface area (TPSA) is 60.2 Å². The molecule has 186 valence electrons. The molecule has 3 aromatic rings. The number of carbonyl (C=O) groups excluding carboxylic acids is 1. The van der Waals surface area contributed by atoms with Crippen LogP contribution in [0.1, 0.15) is 56.5 Å². The molecule has 2 heterocycles. The maximum absolute atomic E-state index is 14.0. The first-order chi connectivity index (χ1) is 17.1. The van der Waals surface area contributed by atoms with Gasteiger partial charge in [-0.1, -0.05) is 74.3 Å². The molecule has 0 spiro atoms. The summed E-state index contributed by atoms with van der Waals surface area (Å²) in [5.74, 6) is 0.530. The van der Waals surface area contributed by atoms with Crippen LogP contribution >= 0.6 is 11.8 Å². The molecular formula is C27H33FN4O2S. The number of hydrogen-bond donors (Lipinski definition) is 0. The van der Waals surface area contributed by atoms with Crippen LogP contribution in [0.4, 0.5) is 4.39 Å². The van der Waals surface area contributed by atoms with Crippen LogP contribution in [0.15, 0.2) is 53.7 Å².